The van der Waals surface area contributed by atoms with Crippen molar-refractivity contribution in [2.75, 3.05) is 20.0 Å². The SMILES string of the molecule is CC1OC(COOS(=O)[O-])[C@H](O[C@H]2O[C@H](OC[O-])[C@@H](O[C@H]3O[C@H](COOS(=O)[O-])[C@@H](O)C(O)C3NS(=O)(=O)[O-])C(O)C2O)[C@H](OS(=O)(=O)[O-])[C@H]1NS(=O)(=O)[O-]. The molecule has 3 aliphatic heterocycles. The topological polar surface area (TPSA) is 481 Å². The smallest absolute Gasteiger partial charge is 0.218 e. The van der Waals surface area contributed by atoms with Gasteiger partial charge in [0.25, 0.3) is 0 Å². The molecule has 3 saturated heterocycles. The summed E-state index contributed by atoms with van der Waals surface area (Å²) in [4.78, 5) is 8.72. The van der Waals surface area contributed by atoms with E-state index in [0.717, 1.165) is 6.92 Å². The molecule has 3 fully saturated rings. The highest BCUT2D eigenvalue weighted by Gasteiger charge is 2.55. The van der Waals surface area contributed by atoms with Crippen molar-refractivity contribution in [2.24, 2.45) is 0 Å². The molecule has 326 valence electrons. The molecule has 0 aromatic rings. The number of aliphatic hydroxyl groups is 4. The van der Waals surface area contributed by atoms with Gasteiger partial charge >= 0.3 is 0 Å². The van der Waals surface area contributed by atoms with E-state index >= 15 is 0 Å². The van der Waals surface area contributed by atoms with Crippen LogP contribution in [0, 0.1) is 0 Å². The highest BCUT2D eigenvalue weighted by Crippen LogP contribution is 2.34. The summed E-state index contributed by atoms with van der Waals surface area (Å²) in [6.45, 7) is -2.76. The first-order chi connectivity index (χ1) is 25.3. The molecule has 0 amide bonds. The van der Waals surface area contributed by atoms with Crippen molar-refractivity contribution in [3.8, 4) is 0 Å². The monoisotopic (exact) mass is 910 g/mol. The van der Waals surface area contributed by atoms with Gasteiger partial charge in [0.1, 0.15) is 96.9 Å². The molecule has 0 saturated carbocycles. The second kappa shape index (κ2) is 20.5. The largest absolute Gasteiger partial charge is 0.834 e. The van der Waals surface area contributed by atoms with E-state index in [2.05, 4.69) is 22.6 Å². The van der Waals surface area contributed by atoms with Gasteiger partial charge in [-0.05, 0) is 13.7 Å². The Morgan fingerprint density at radius 2 is 1.18 bits per heavy atom. The first kappa shape index (κ1) is 48.6. The number of hydrogen-bond acceptors (Lipinski definition) is 29. The van der Waals surface area contributed by atoms with E-state index in [-0.39, 0.29) is 0 Å². The third-order valence-corrected chi connectivity index (χ3v) is 9.41. The van der Waals surface area contributed by atoms with Crippen LogP contribution in [0.3, 0.4) is 0 Å². The van der Waals surface area contributed by atoms with E-state index < -0.39 is 166 Å². The molecule has 8 unspecified atom stereocenters. The highest BCUT2D eigenvalue weighted by atomic mass is 32.3. The predicted octanol–water partition coefficient (Wildman–Crippen LogP) is -10.1. The quantitative estimate of drug-likeness (QED) is 0.0165. The zero-order valence-electron chi connectivity index (χ0n) is 26.8. The molecule has 0 radical (unpaired) electrons. The molecule has 0 aliphatic carbocycles. The molecule has 3 heterocycles. The third-order valence-electron chi connectivity index (χ3n) is 7.42. The molecule has 31 nitrogen and oxygen atoms in total. The van der Waals surface area contributed by atoms with Gasteiger partial charge < -0.3 is 76.7 Å². The average molecular weight is 911 g/mol. The standard InChI is InChI=1S/C19H35N2O29S5/c1-5-8(20-53(31,32)33)15(48-55(37,38)39)14(7(43-5)3-42-50-52(29)30)45-18-13(26)12(25)16(19(47-18)40-4-22)46-17-9(21-54(34,35)36)11(24)10(23)6(44-17)2-41-49-51(27)28/h5-21,23-26H,2-4H2,1H3,(H,27,28)(H,29,30)(H,31,32,33)(H,34,35,36)(H,37,38,39)/q-1/p-5/t5?,6-,7?,8+,9?,10-,11?,12?,13?,14+,15-,16+,17-,18+,19+/m1/s1. The Morgan fingerprint density at radius 1 is 0.655 bits per heavy atom. The van der Waals surface area contributed by atoms with E-state index in [1.54, 1.807) is 0 Å². The van der Waals surface area contributed by atoms with Crippen LogP contribution in [0.5, 0.6) is 0 Å². The lowest BCUT2D eigenvalue weighted by Gasteiger charge is -2.49. The lowest BCUT2D eigenvalue weighted by molar-refractivity contribution is -0.475. The van der Waals surface area contributed by atoms with Crippen molar-refractivity contribution in [3.05, 3.63) is 0 Å². The van der Waals surface area contributed by atoms with Crippen LogP contribution in [0.2, 0.25) is 0 Å². The lowest BCUT2D eigenvalue weighted by atomic mass is 9.93. The number of aliphatic hydroxyl groups excluding tert-OH is 4. The number of hydrogen-bond donors (Lipinski definition) is 6. The maximum atomic E-state index is 11.7. The van der Waals surface area contributed by atoms with Gasteiger partial charge in [-0.3, -0.25) is 4.18 Å². The molecule has 0 aromatic carbocycles. The van der Waals surface area contributed by atoms with Crippen LogP contribution < -0.4 is 14.6 Å². The Kier molecular flexibility index (Phi) is 18.1. The van der Waals surface area contributed by atoms with Gasteiger partial charge in [-0.15, -0.1) is 8.67 Å². The van der Waals surface area contributed by atoms with E-state index in [1.807, 2.05) is 0 Å². The summed E-state index contributed by atoms with van der Waals surface area (Å²) < 4.78 is 194. The minimum absolute atomic E-state index is 1.00. The zero-order chi connectivity index (χ0) is 41.6. The molecule has 0 aromatic heterocycles. The molecular weight excluding hydrogens is 881 g/mol. The van der Waals surface area contributed by atoms with Crippen LogP contribution >= 0.6 is 0 Å². The summed E-state index contributed by atoms with van der Waals surface area (Å²) in [7, 11) is -17.0. The van der Waals surface area contributed by atoms with Crippen molar-refractivity contribution in [3.63, 3.8) is 0 Å². The van der Waals surface area contributed by atoms with Crippen LogP contribution in [-0.4, -0.2) is 189 Å². The molecule has 0 spiro atoms. The highest BCUT2D eigenvalue weighted by molar-refractivity contribution is 7.84. The Labute approximate surface area is 314 Å². The summed E-state index contributed by atoms with van der Waals surface area (Å²) >= 11 is -6.64. The van der Waals surface area contributed by atoms with Gasteiger partial charge in [0.05, 0.1) is 12.1 Å². The molecule has 17 atom stereocenters. The lowest BCUT2D eigenvalue weighted by Crippen LogP contribution is -2.69. The van der Waals surface area contributed by atoms with Gasteiger partial charge in [0.2, 0.25) is 10.4 Å². The van der Waals surface area contributed by atoms with E-state index in [4.69, 9.17) is 28.4 Å². The molecule has 0 bridgehead atoms. The van der Waals surface area contributed by atoms with Crippen molar-refractivity contribution in [1.29, 1.82) is 0 Å². The fraction of sp³-hybridized carbons (Fsp3) is 1.00. The fourth-order valence-corrected chi connectivity index (χ4v) is 7.33. The summed E-state index contributed by atoms with van der Waals surface area (Å²) in [6.07, 6.45) is -29.2. The van der Waals surface area contributed by atoms with Crippen LogP contribution in [0.1, 0.15) is 6.92 Å². The second-order valence-corrected chi connectivity index (χ2v) is 15.4. The maximum Gasteiger partial charge on any atom is 0.218 e. The summed E-state index contributed by atoms with van der Waals surface area (Å²) in [5.74, 6) is 0. The molecule has 36 heteroatoms. The third kappa shape index (κ3) is 14.8. The molecular formula is C19H30N2O29S5-6. The van der Waals surface area contributed by atoms with Crippen LogP contribution in [0.25, 0.3) is 0 Å². The van der Waals surface area contributed by atoms with E-state index in [0.29, 0.717) is 0 Å². The fourth-order valence-electron chi connectivity index (χ4n) is 5.32. The average Bonchev–Trinajstić information content (AvgIpc) is 3.03. The van der Waals surface area contributed by atoms with Gasteiger partial charge in [-0.25, -0.2) is 52.9 Å². The Hall–Kier alpha value is -0.770. The molecule has 6 N–H and O–H groups in total. The molecule has 3 aliphatic rings. The Balaban J connectivity index is 1.98. The Bertz CT molecular complexity index is 1620. The summed E-state index contributed by atoms with van der Waals surface area (Å²) in [6, 6.07) is -4.43. The molecule has 3 rings (SSSR count). The zero-order valence-corrected chi connectivity index (χ0v) is 30.9. The minimum Gasteiger partial charge on any atom is -0.834 e. The minimum atomic E-state index is -5.88. The molecule has 55 heavy (non-hydrogen) atoms. The van der Waals surface area contributed by atoms with Crippen LogP contribution in [0.15, 0.2) is 0 Å². The van der Waals surface area contributed by atoms with Crippen LogP contribution in [0.4, 0.5) is 0 Å². The first-order valence-electron chi connectivity index (χ1n) is 14.4. The van der Waals surface area contributed by atoms with E-state index in [9.17, 15) is 82.0 Å². The van der Waals surface area contributed by atoms with Crippen molar-refractivity contribution in [1.82, 2.24) is 9.44 Å². The number of nitrogens with one attached hydrogen (secondary N) is 2. The summed E-state index contributed by atoms with van der Waals surface area (Å²) in [5, 5.41) is 54.6. The maximum absolute atomic E-state index is 11.7. The van der Waals surface area contributed by atoms with Gasteiger partial charge in [0.15, 0.2) is 39.5 Å². The normalized spacial score (nSPS) is 39.1. The predicted molar refractivity (Wildman–Crippen MR) is 151 cm³/mol. The van der Waals surface area contributed by atoms with Crippen molar-refractivity contribution >= 4 is 53.7 Å². The Morgan fingerprint density at radius 3 is 1.69 bits per heavy atom. The van der Waals surface area contributed by atoms with Crippen molar-refractivity contribution in [2.45, 2.75) is 98.9 Å². The first-order valence-corrected chi connectivity index (χ1v) is 20.5. The van der Waals surface area contributed by atoms with Gasteiger partial charge in [0, 0.05) is 0 Å². The number of rotatable bonds is 20. The van der Waals surface area contributed by atoms with Gasteiger partial charge in [-0.2, -0.15) is 0 Å². The van der Waals surface area contributed by atoms with E-state index in [1.165, 1.54) is 9.44 Å². The second-order valence-electron chi connectivity index (χ2n) is 11.0. The summed E-state index contributed by atoms with van der Waals surface area (Å²) in [5.41, 5.74) is 0. The van der Waals surface area contributed by atoms with Gasteiger partial charge in [-0.1, -0.05) is 0 Å². The number of ether oxygens (including phenoxy) is 6. The van der Waals surface area contributed by atoms with Crippen molar-refractivity contribution < 1.29 is 133 Å². The van der Waals surface area contributed by atoms with Crippen LogP contribution in [-0.2, 0) is 105 Å².